The number of ether oxygens (including phenoxy) is 2. The van der Waals surface area contributed by atoms with E-state index in [-0.39, 0.29) is 36.6 Å². The third kappa shape index (κ3) is 7.54. The number of amides is 2. The van der Waals surface area contributed by atoms with Crippen LogP contribution in [0.25, 0.3) is 0 Å². The first kappa shape index (κ1) is 34.9. The van der Waals surface area contributed by atoms with Crippen molar-refractivity contribution in [2.24, 2.45) is 0 Å². The highest BCUT2D eigenvalue weighted by Gasteiger charge is 2.44. The third-order valence-corrected chi connectivity index (χ3v) is 7.99. The van der Waals surface area contributed by atoms with E-state index in [2.05, 4.69) is 4.98 Å². The standard InChI is InChI=1S/C29H31F9N4O4/c1-4-41(22-6-8-40(9-7-22)25(43)45-5-2)24-18(12-21(14-39-24)29(36,37)38)15-42-16(3)23(46-26(42)44)17-10-19(27(30,31)32)13-20(11-17)28(33,34)35/h10-14,16,22-23H,4-9,15H2,1-3H3/t16-,23-/m0/s1. The molecule has 4 rings (SSSR count). The molecular weight excluding hydrogens is 639 g/mol. The highest BCUT2D eigenvalue weighted by molar-refractivity contribution is 5.71. The molecule has 1 aromatic heterocycles. The van der Waals surface area contributed by atoms with E-state index >= 15 is 0 Å². The summed E-state index contributed by atoms with van der Waals surface area (Å²) in [6.45, 7) is 5.28. The molecule has 2 amide bonds. The Balaban J connectivity index is 1.66. The van der Waals surface area contributed by atoms with E-state index in [1.54, 1.807) is 18.7 Å². The largest absolute Gasteiger partial charge is 0.450 e. The number of likely N-dealkylation sites (tertiary alicyclic amines) is 1. The predicted molar refractivity (Wildman–Crippen MR) is 145 cm³/mol. The molecule has 0 unspecified atom stereocenters. The van der Waals surface area contributed by atoms with Gasteiger partial charge in [-0.05, 0) is 63.4 Å². The first-order valence-corrected chi connectivity index (χ1v) is 14.4. The molecule has 2 aromatic rings. The number of pyridine rings is 1. The number of anilines is 1. The topological polar surface area (TPSA) is 75.2 Å². The van der Waals surface area contributed by atoms with Crippen LogP contribution in [-0.2, 0) is 34.5 Å². The number of hydrogen-bond acceptors (Lipinski definition) is 6. The normalized spacial score (nSPS) is 19.8. The van der Waals surface area contributed by atoms with E-state index in [0.29, 0.717) is 44.3 Å². The average Bonchev–Trinajstić information content (AvgIpc) is 3.25. The summed E-state index contributed by atoms with van der Waals surface area (Å²) in [5.41, 5.74) is -4.96. The number of benzene rings is 1. The van der Waals surface area contributed by atoms with Crippen molar-refractivity contribution in [2.75, 3.05) is 31.1 Å². The van der Waals surface area contributed by atoms with E-state index in [1.807, 2.05) is 0 Å². The van der Waals surface area contributed by atoms with Gasteiger partial charge in [-0.1, -0.05) is 0 Å². The molecule has 2 atom stereocenters. The molecule has 17 heteroatoms. The summed E-state index contributed by atoms with van der Waals surface area (Å²) >= 11 is 0. The lowest BCUT2D eigenvalue weighted by molar-refractivity contribution is -0.143. The maximum atomic E-state index is 13.7. The van der Waals surface area contributed by atoms with Gasteiger partial charge in [0.2, 0.25) is 0 Å². The maximum Gasteiger partial charge on any atom is 0.417 e. The number of cyclic esters (lactones) is 1. The minimum atomic E-state index is -5.14. The number of rotatable bonds is 7. The van der Waals surface area contributed by atoms with Crippen LogP contribution in [0.1, 0.15) is 67.5 Å². The molecule has 0 N–H and O–H groups in total. The van der Waals surface area contributed by atoms with Gasteiger partial charge in [-0.2, -0.15) is 39.5 Å². The van der Waals surface area contributed by atoms with Gasteiger partial charge in [-0.25, -0.2) is 14.6 Å². The monoisotopic (exact) mass is 670 g/mol. The van der Waals surface area contributed by atoms with E-state index in [0.717, 1.165) is 11.0 Å². The Hall–Kier alpha value is -3.92. The summed E-state index contributed by atoms with van der Waals surface area (Å²) in [4.78, 5) is 33.4. The lowest BCUT2D eigenvalue weighted by Gasteiger charge is -2.39. The van der Waals surface area contributed by atoms with Crippen LogP contribution >= 0.6 is 0 Å². The van der Waals surface area contributed by atoms with Crippen LogP contribution in [0.2, 0.25) is 0 Å². The number of aromatic nitrogens is 1. The molecule has 2 aliphatic rings. The zero-order valence-electron chi connectivity index (χ0n) is 24.9. The van der Waals surface area contributed by atoms with Gasteiger partial charge < -0.3 is 19.3 Å². The molecule has 8 nitrogen and oxygen atoms in total. The van der Waals surface area contributed by atoms with Crippen molar-refractivity contribution in [1.82, 2.24) is 14.8 Å². The number of hydrogen-bond donors (Lipinski definition) is 0. The molecule has 46 heavy (non-hydrogen) atoms. The number of piperidine rings is 1. The summed E-state index contributed by atoms with van der Waals surface area (Å²) in [7, 11) is 0. The molecule has 0 bridgehead atoms. The van der Waals surface area contributed by atoms with Gasteiger partial charge >= 0.3 is 30.7 Å². The predicted octanol–water partition coefficient (Wildman–Crippen LogP) is 7.67. The van der Waals surface area contributed by atoms with Crippen molar-refractivity contribution in [3.8, 4) is 0 Å². The van der Waals surface area contributed by atoms with Gasteiger partial charge in [0, 0.05) is 37.4 Å². The fraction of sp³-hybridized carbons (Fsp3) is 0.552. The van der Waals surface area contributed by atoms with Crippen molar-refractivity contribution >= 4 is 18.0 Å². The SMILES string of the molecule is CCOC(=O)N1CCC(N(CC)c2ncc(C(F)(F)F)cc2CN2C(=O)O[C@H](c3cc(C(F)(F)F)cc(C(F)(F)F)c3)[C@@H]2C)CC1. The summed E-state index contributed by atoms with van der Waals surface area (Å²) < 4.78 is 132. The second kappa shape index (κ2) is 13.1. The smallest absolute Gasteiger partial charge is 0.417 e. The highest BCUT2D eigenvalue weighted by atomic mass is 19.4. The Bertz CT molecular complexity index is 1390. The van der Waals surface area contributed by atoms with E-state index in [9.17, 15) is 49.1 Å². The summed E-state index contributed by atoms with van der Waals surface area (Å²) in [5, 5.41) is 0. The van der Waals surface area contributed by atoms with Gasteiger partial charge in [-0.3, -0.25) is 4.90 Å². The number of carbonyl (C=O) groups is 2. The molecule has 0 spiro atoms. The van der Waals surface area contributed by atoms with Crippen molar-refractivity contribution < 1.29 is 58.6 Å². The molecule has 0 saturated carbocycles. The molecule has 1 aromatic carbocycles. The Morgan fingerprint density at radius 2 is 1.50 bits per heavy atom. The molecule has 2 aliphatic heterocycles. The van der Waals surface area contributed by atoms with Crippen LogP contribution < -0.4 is 4.90 Å². The minimum absolute atomic E-state index is 0.0557. The Kier molecular flexibility index (Phi) is 9.92. The Labute approximate surface area is 258 Å². The molecule has 3 heterocycles. The van der Waals surface area contributed by atoms with Crippen LogP contribution in [0.5, 0.6) is 0 Å². The number of halogens is 9. The average molecular weight is 671 g/mol. The van der Waals surface area contributed by atoms with Gasteiger partial charge in [0.1, 0.15) is 11.9 Å². The molecular formula is C29H31F9N4O4. The second-order valence-electron chi connectivity index (χ2n) is 10.9. The van der Waals surface area contributed by atoms with Crippen LogP contribution in [0, 0.1) is 0 Å². The summed E-state index contributed by atoms with van der Waals surface area (Å²) in [6, 6.07) is 0.207. The lowest BCUT2D eigenvalue weighted by atomic mass is 9.97. The first-order valence-electron chi connectivity index (χ1n) is 14.4. The third-order valence-electron chi connectivity index (χ3n) is 7.99. The molecule has 0 radical (unpaired) electrons. The van der Waals surface area contributed by atoms with Gasteiger partial charge in [-0.15, -0.1) is 0 Å². The molecule has 2 fully saturated rings. The lowest BCUT2D eigenvalue weighted by Crippen LogP contribution is -2.47. The Morgan fingerprint density at radius 3 is 2.00 bits per heavy atom. The van der Waals surface area contributed by atoms with Gasteiger partial charge in [0.25, 0.3) is 0 Å². The van der Waals surface area contributed by atoms with Crippen LogP contribution in [-0.4, -0.2) is 65.3 Å². The van der Waals surface area contributed by atoms with Crippen molar-refractivity contribution in [1.29, 1.82) is 0 Å². The number of alkyl halides is 9. The van der Waals surface area contributed by atoms with Crippen LogP contribution in [0.4, 0.5) is 54.9 Å². The fourth-order valence-corrected chi connectivity index (χ4v) is 5.68. The zero-order valence-corrected chi connectivity index (χ0v) is 24.9. The first-order chi connectivity index (χ1) is 21.3. The highest BCUT2D eigenvalue weighted by Crippen LogP contribution is 2.42. The molecule has 2 saturated heterocycles. The molecule has 0 aliphatic carbocycles. The van der Waals surface area contributed by atoms with Crippen LogP contribution in [0.3, 0.4) is 0 Å². The van der Waals surface area contributed by atoms with Crippen molar-refractivity contribution in [3.63, 3.8) is 0 Å². The fourth-order valence-electron chi connectivity index (χ4n) is 5.68. The second-order valence-corrected chi connectivity index (χ2v) is 10.9. The summed E-state index contributed by atoms with van der Waals surface area (Å²) in [5.74, 6) is 0.104. The van der Waals surface area contributed by atoms with E-state index in [4.69, 9.17) is 9.47 Å². The zero-order chi connectivity index (χ0) is 34.2. The van der Waals surface area contributed by atoms with Crippen LogP contribution in [0.15, 0.2) is 30.5 Å². The quantitative estimate of drug-likeness (QED) is 0.282. The Morgan fingerprint density at radius 1 is 0.935 bits per heavy atom. The van der Waals surface area contributed by atoms with E-state index < -0.39 is 71.7 Å². The number of carbonyl (C=O) groups excluding carboxylic acids is 2. The van der Waals surface area contributed by atoms with E-state index in [1.165, 1.54) is 11.8 Å². The maximum absolute atomic E-state index is 13.7. The minimum Gasteiger partial charge on any atom is -0.450 e. The van der Waals surface area contributed by atoms with Gasteiger partial charge in [0.15, 0.2) is 0 Å². The summed E-state index contributed by atoms with van der Waals surface area (Å²) in [6.07, 6.45) is -16.8. The van der Waals surface area contributed by atoms with Crippen molar-refractivity contribution in [3.05, 3.63) is 58.3 Å². The molecule has 254 valence electrons. The van der Waals surface area contributed by atoms with Crippen molar-refractivity contribution in [2.45, 2.75) is 76.9 Å². The van der Waals surface area contributed by atoms with Gasteiger partial charge in [0.05, 0.1) is 35.9 Å². The number of nitrogens with zero attached hydrogens (tertiary/aromatic N) is 4.